The fourth-order valence-electron chi connectivity index (χ4n) is 1.32. The van der Waals surface area contributed by atoms with Crippen molar-refractivity contribution in [3.63, 3.8) is 0 Å². The van der Waals surface area contributed by atoms with Crippen molar-refractivity contribution in [3.05, 3.63) is 28.2 Å². The van der Waals surface area contributed by atoms with Gasteiger partial charge in [0.15, 0.2) is 5.84 Å². The van der Waals surface area contributed by atoms with Crippen LogP contribution < -0.4 is 10.5 Å². The Kier molecular flexibility index (Phi) is 5.94. The van der Waals surface area contributed by atoms with Crippen LogP contribution in [0.3, 0.4) is 0 Å². The summed E-state index contributed by atoms with van der Waals surface area (Å²) in [7, 11) is 0. The summed E-state index contributed by atoms with van der Waals surface area (Å²) < 4.78 is 11.8. The highest BCUT2D eigenvalue weighted by atomic mass is 79.9. The number of ether oxygens (including phenoxy) is 2. The molecule has 0 aliphatic carbocycles. The van der Waals surface area contributed by atoms with Crippen molar-refractivity contribution in [1.82, 2.24) is 0 Å². The molecule has 0 heterocycles. The van der Waals surface area contributed by atoms with Crippen LogP contribution in [0, 0.1) is 0 Å². The summed E-state index contributed by atoms with van der Waals surface area (Å²) in [5, 5.41) is 11.7. The van der Waals surface area contributed by atoms with Crippen LogP contribution in [0.1, 0.15) is 19.4 Å². The Bertz CT molecular complexity index is 422. The van der Waals surface area contributed by atoms with E-state index >= 15 is 0 Å². The number of rotatable bonds is 6. The summed E-state index contributed by atoms with van der Waals surface area (Å²) in [5.74, 6) is 0.564. The van der Waals surface area contributed by atoms with Crippen LogP contribution in [0.2, 0.25) is 0 Å². The van der Waals surface area contributed by atoms with Crippen molar-refractivity contribution in [3.8, 4) is 5.75 Å². The number of benzene rings is 1. The number of hydrogen-bond donors (Lipinski definition) is 2. The normalized spacial score (nSPS) is 11.9. The molecule has 0 bridgehead atoms. The number of nitrogens with zero attached hydrogens (tertiary/aromatic N) is 1. The van der Waals surface area contributed by atoms with E-state index in [0.29, 0.717) is 24.5 Å². The zero-order valence-electron chi connectivity index (χ0n) is 10.4. The Morgan fingerprint density at radius 2 is 2.17 bits per heavy atom. The molecule has 1 aromatic rings. The summed E-state index contributed by atoms with van der Waals surface area (Å²) in [6, 6.07) is 5.28. The Hall–Kier alpha value is -1.27. The first-order chi connectivity index (χ1) is 8.54. The van der Waals surface area contributed by atoms with E-state index in [1.54, 1.807) is 18.2 Å². The molecule has 0 aromatic heterocycles. The Balaban J connectivity index is 2.71. The van der Waals surface area contributed by atoms with Crippen molar-refractivity contribution in [2.45, 2.75) is 20.0 Å². The first kappa shape index (κ1) is 14.8. The number of hydrogen-bond acceptors (Lipinski definition) is 4. The lowest BCUT2D eigenvalue weighted by Crippen LogP contribution is -2.17. The summed E-state index contributed by atoms with van der Waals surface area (Å²) in [6.07, 6.45) is 0.166. The van der Waals surface area contributed by atoms with Gasteiger partial charge in [0.1, 0.15) is 12.4 Å². The molecule has 18 heavy (non-hydrogen) atoms. The Morgan fingerprint density at radius 3 is 2.78 bits per heavy atom. The molecule has 0 fully saturated rings. The lowest BCUT2D eigenvalue weighted by molar-refractivity contribution is 0.0552. The third-order valence-electron chi connectivity index (χ3n) is 2.12. The predicted octanol–water partition coefficient (Wildman–Crippen LogP) is 2.35. The van der Waals surface area contributed by atoms with E-state index in [1.165, 1.54) is 0 Å². The highest BCUT2D eigenvalue weighted by Crippen LogP contribution is 2.23. The summed E-state index contributed by atoms with van der Waals surface area (Å²) in [6.45, 7) is 4.81. The number of nitrogens with two attached hydrogens (primary N) is 1. The average molecular weight is 317 g/mol. The van der Waals surface area contributed by atoms with Crippen LogP contribution in [-0.4, -0.2) is 30.4 Å². The highest BCUT2D eigenvalue weighted by Gasteiger charge is 2.09. The minimum absolute atomic E-state index is 0.0160. The number of oxime groups is 1. The van der Waals surface area contributed by atoms with Gasteiger partial charge in [-0.15, -0.1) is 0 Å². The standard InChI is InChI=1S/C12H17BrN2O3/c1-8(2)17-5-6-18-11-7-9(13)3-4-10(11)12(14)15-16/h3-4,7-8,16H,5-6H2,1-2H3,(H2,14,15). The summed E-state index contributed by atoms with van der Waals surface area (Å²) in [5.41, 5.74) is 6.12. The molecular formula is C12H17BrN2O3. The molecule has 5 nitrogen and oxygen atoms in total. The van der Waals surface area contributed by atoms with Crippen molar-refractivity contribution in [1.29, 1.82) is 0 Å². The van der Waals surface area contributed by atoms with Crippen LogP contribution in [0.15, 0.2) is 27.8 Å². The molecule has 0 radical (unpaired) electrons. The smallest absolute Gasteiger partial charge is 0.173 e. The van der Waals surface area contributed by atoms with Crippen LogP contribution in [0.25, 0.3) is 0 Å². The van der Waals surface area contributed by atoms with Gasteiger partial charge in [0, 0.05) is 4.47 Å². The molecular weight excluding hydrogens is 300 g/mol. The lowest BCUT2D eigenvalue weighted by atomic mass is 10.2. The first-order valence-electron chi connectivity index (χ1n) is 5.56. The van der Waals surface area contributed by atoms with Gasteiger partial charge in [-0.3, -0.25) is 0 Å². The molecule has 0 saturated carbocycles. The molecule has 3 N–H and O–H groups in total. The highest BCUT2D eigenvalue weighted by molar-refractivity contribution is 9.10. The fraction of sp³-hybridized carbons (Fsp3) is 0.417. The van der Waals surface area contributed by atoms with E-state index in [0.717, 1.165) is 4.47 Å². The SMILES string of the molecule is CC(C)OCCOc1cc(Br)ccc1/C(N)=N/O. The van der Waals surface area contributed by atoms with Crippen molar-refractivity contribution in [2.24, 2.45) is 10.9 Å². The van der Waals surface area contributed by atoms with Crippen molar-refractivity contribution in [2.75, 3.05) is 13.2 Å². The molecule has 0 unspecified atom stereocenters. The summed E-state index contributed by atoms with van der Waals surface area (Å²) >= 11 is 3.35. The quantitative estimate of drug-likeness (QED) is 0.278. The molecule has 0 spiro atoms. The Morgan fingerprint density at radius 1 is 1.44 bits per heavy atom. The lowest BCUT2D eigenvalue weighted by Gasteiger charge is -2.12. The molecule has 6 heteroatoms. The Labute approximate surface area is 115 Å². The van der Waals surface area contributed by atoms with Gasteiger partial charge >= 0.3 is 0 Å². The molecule has 0 atom stereocenters. The topological polar surface area (TPSA) is 77.1 Å². The van der Waals surface area contributed by atoms with Crippen LogP contribution in [0.5, 0.6) is 5.75 Å². The van der Waals surface area contributed by atoms with Gasteiger partial charge in [0.2, 0.25) is 0 Å². The maximum absolute atomic E-state index is 8.70. The molecule has 0 saturated heterocycles. The van der Waals surface area contributed by atoms with Crippen molar-refractivity contribution >= 4 is 21.8 Å². The second-order valence-corrected chi connectivity index (χ2v) is 4.81. The second kappa shape index (κ2) is 7.23. The third-order valence-corrected chi connectivity index (χ3v) is 2.61. The minimum atomic E-state index is 0.0160. The van der Waals surface area contributed by atoms with E-state index in [9.17, 15) is 0 Å². The van der Waals surface area contributed by atoms with Gasteiger partial charge in [-0.2, -0.15) is 0 Å². The van der Waals surface area contributed by atoms with Gasteiger partial charge in [0.05, 0.1) is 18.3 Å². The monoisotopic (exact) mass is 316 g/mol. The maximum atomic E-state index is 8.70. The van der Waals surface area contributed by atoms with E-state index in [2.05, 4.69) is 21.1 Å². The minimum Gasteiger partial charge on any atom is -0.490 e. The van der Waals surface area contributed by atoms with Gasteiger partial charge in [-0.25, -0.2) is 0 Å². The zero-order chi connectivity index (χ0) is 13.5. The zero-order valence-corrected chi connectivity index (χ0v) is 12.0. The van der Waals surface area contributed by atoms with E-state index < -0.39 is 0 Å². The van der Waals surface area contributed by atoms with Crippen molar-refractivity contribution < 1.29 is 14.7 Å². The second-order valence-electron chi connectivity index (χ2n) is 3.89. The molecule has 1 aromatic carbocycles. The number of halogens is 1. The first-order valence-corrected chi connectivity index (χ1v) is 6.35. The van der Waals surface area contributed by atoms with Gasteiger partial charge in [0.25, 0.3) is 0 Å². The number of amidine groups is 1. The molecule has 0 amide bonds. The molecule has 0 aliphatic heterocycles. The van der Waals surface area contributed by atoms with Gasteiger partial charge in [-0.1, -0.05) is 21.1 Å². The van der Waals surface area contributed by atoms with Gasteiger partial charge in [-0.05, 0) is 32.0 Å². The fourth-order valence-corrected chi connectivity index (χ4v) is 1.66. The van der Waals surface area contributed by atoms with Crippen LogP contribution in [-0.2, 0) is 4.74 Å². The van der Waals surface area contributed by atoms with Gasteiger partial charge < -0.3 is 20.4 Å². The third kappa shape index (κ3) is 4.54. The van der Waals surface area contributed by atoms with Crippen LogP contribution in [0.4, 0.5) is 0 Å². The molecule has 1 rings (SSSR count). The van der Waals surface area contributed by atoms with E-state index in [1.807, 2.05) is 13.8 Å². The van der Waals surface area contributed by atoms with Crippen LogP contribution >= 0.6 is 15.9 Å². The summed E-state index contributed by atoms with van der Waals surface area (Å²) in [4.78, 5) is 0. The largest absolute Gasteiger partial charge is 0.490 e. The molecule has 100 valence electrons. The predicted molar refractivity (Wildman–Crippen MR) is 73.2 cm³/mol. The maximum Gasteiger partial charge on any atom is 0.173 e. The van der Waals surface area contributed by atoms with E-state index in [-0.39, 0.29) is 11.9 Å². The average Bonchev–Trinajstić information content (AvgIpc) is 2.33. The van der Waals surface area contributed by atoms with E-state index in [4.69, 9.17) is 20.4 Å². The molecule has 0 aliphatic rings.